The Morgan fingerprint density at radius 3 is 2.37 bits per heavy atom. The lowest BCUT2D eigenvalue weighted by Crippen LogP contribution is -2.11. The van der Waals surface area contributed by atoms with E-state index in [0.717, 1.165) is 5.75 Å². The molecule has 0 radical (unpaired) electrons. The third kappa shape index (κ3) is 3.61. The fourth-order valence-corrected chi connectivity index (χ4v) is 1.64. The third-order valence-corrected chi connectivity index (χ3v) is 2.45. The molecule has 1 aromatic heterocycles. The lowest BCUT2D eigenvalue weighted by molar-refractivity contribution is 0.0995. The number of aryl methyl sites for hydroxylation is 1. The fraction of sp³-hybridized carbons (Fsp3) is 0.267. The van der Waals surface area contributed by atoms with Crippen molar-refractivity contribution in [3.63, 3.8) is 0 Å². The van der Waals surface area contributed by atoms with Crippen molar-refractivity contribution in [2.24, 2.45) is 0 Å². The normalized spacial score (nSPS) is 10.5. The summed E-state index contributed by atoms with van der Waals surface area (Å²) >= 11 is 0. The van der Waals surface area contributed by atoms with Crippen LogP contribution in [0.2, 0.25) is 0 Å². The smallest absolute Gasteiger partial charge is 0.291 e. The van der Waals surface area contributed by atoms with Crippen molar-refractivity contribution < 1.29 is 13.9 Å². The van der Waals surface area contributed by atoms with Gasteiger partial charge in [-0.05, 0) is 57.2 Å². The number of carbonyl (C=O) groups is 1. The second-order valence-electron chi connectivity index (χ2n) is 4.56. The van der Waals surface area contributed by atoms with Crippen molar-refractivity contribution in [1.82, 2.24) is 0 Å². The van der Waals surface area contributed by atoms with Gasteiger partial charge in [-0.25, -0.2) is 0 Å². The van der Waals surface area contributed by atoms with Gasteiger partial charge in [-0.3, -0.25) is 4.79 Å². The Hall–Kier alpha value is -2.23. The molecule has 19 heavy (non-hydrogen) atoms. The molecule has 0 aliphatic carbocycles. The molecule has 1 N–H and O–H groups in total. The summed E-state index contributed by atoms with van der Waals surface area (Å²) < 4.78 is 10.8. The van der Waals surface area contributed by atoms with Crippen molar-refractivity contribution in [2.45, 2.75) is 26.9 Å². The van der Waals surface area contributed by atoms with Gasteiger partial charge < -0.3 is 14.5 Å². The van der Waals surface area contributed by atoms with Gasteiger partial charge in [0.2, 0.25) is 0 Å². The molecule has 0 aliphatic rings. The second-order valence-corrected chi connectivity index (χ2v) is 4.56. The molecule has 4 nitrogen and oxygen atoms in total. The van der Waals surface area contributed by atoms with Crippen LogP contribution in [0, 0.1) is 6.92 Å². The van der Waals surface area contributed by atoms with Crippen molar-refractivity contribution in [3.05, 3.63) is 47.9 Å². The Morgan fingerprint density at radius 1 is 1.16 bits per heavy atom. The Bertz CT molecular complexity index is 555. The maximum atomic E-state index is 11.9. The molecule has 1 amide bonds. The number of anilines is 1. The zero-order valence-electron chi connectivity index (χ0n) is 11.3. The molecule has 0 unspecified atom stereocenters. The third-order valence-electron chi connectivity index (χ3n) is 2.45. The zero-order chi connectivity index (χ0) is 13.8. The quantitative estimate of drug-likeness (QED) is 0.912. The number of furan rings is 1. The maximum Gasteiger partial charge on any atom is 0.291 e. The van der Waals surface area contributed by atoms with Gasteiger partial charge in [-0.1, -0.05) is 0 Å². The first-order valence-electron chi connectivity index (χ1n) is 6.19. The van der Waals surface area contributed by atoms with Crippen LogP contribution in [-0.2, 0) is 0 Å². The lowest BCUT2D eigenvalue weighted by Gasteiger charge is -2.10. The lowest BCUT2D eigenvalue weighted by atomic mass is 10.3. The van der Waals surface area contributed by atoms with Crippen LogP contribution in [0.4, 0.5) is 5.69 Å². The van der Waals surface area contributed by atoms with Crippen LogP contribution in [0.5, 0.6) is 5.75 Å². The first-order valence-corrected chi connectivity index (χ1v) is 6.19. The predicted molar refractivity (Wildman–Crippen MR) is 73.6 cm³/mol. The average molecular weight is 259 g/mol. The number of nitrogens with one attached hydrogen (secondary N) is 1. The molecule has 0 atom stereocenters. The largest absolute Gasteiger partial charge is 0.491 e. The van der Waals surface area contributed by atoms with Crippen LogP contribution in [0.3, 0.4) is 0 Å². The van der Waals surface area contributed by atoms with E-state index in [-0.39, 0.29) is 12.0 Å². The van der Waals surface area contributed by atoms with Gasteiger partial charge in [0, 0.05) is 5.69 Å². The van der Waals surface area contributed by atoms with Crippen molar-refractivity contribution in [1.29, 1.82) is 0 Å². The summed E-state index contributed by atoms with van der Waals surface area (Å²) in [4.78, 5) is 11.9. The SMILES string of the molecule is Cc1ccc(C(=O)Nc2ccc(OC(C)C)cc2)o1. The summed E-state index contributed by atoms with van der Waals surface area (Å²) in [7, 11) is 0. The number of hydrogen-bond donors (Lipinski definition) is 1. The second kappa shape index (κ2) is 5.61. The van der Waals surface area contributed by atoms with Crippen LogP contribution >= 0.6 is 0 Å². The highest BCUT2D eigenvalue weighted by Crippen LogP contribution is 2.18. The van der Waals surface area contributed by atoms with Crippen LogP contribution in [-0.4, -0.2) is 12.0 Å². The number of hydrogen-bond acceptors (Lipinski definition) is 3. The molecular formula is C15H17NO3. The fourth-order valence-electron chi connectivity index (χ4n) is 1.64. The summed E-state index contributed by atoms with van der Waals surface area (Å²) in [5, 5.41) is 2.76. The van der Waals surface area contributed by atoms with E-state index in [2.05, 4.69) is 5.32 Å². The van der Waals surface area contributed by atoms with Gasteiger partial charge >= 0.3 is 0 Å². The Kier molecular flexibility index (Phi) is 3.90. The highest BCUT2D eigenvalue weighted by Gasteiger charge is 2.10. The van der Waals surface area contributed by atoms with Crippen molar-refractivity contribution in [3.8, 4) is 5.75 Å². The summed E-state index contributed by atoms with van der Waals surface area (Å²) in [6.45, 7) is 5.73. The van der Waals surface area contributed by atoms with Gasteiger partial charge in [-0.15, -0.1) is 0 Å². The Labute approximate surface area is 112 Å². The van der Waals surface area contributed by atoms with E-state index in [1.807, 2.05) is 26.0 Å². The highest BCUT2D eigenvalue weighted by molar-refractivity contribution is 6.02. The van der Waals surface area contributed by atoms with Crippen LogP contribution < -0.4 is 10.1 Å². The van der Waals surface area contributed by atoms with Gasteiger partial charge in [0.05, 0.1) is 6.10 Å². The van der Waals surface area contributed by atoms with E-state index >= 15 is 0 Å². The first-order chi connectivity index (χ1) is 9.04. The summed E-state index contributed by atoms with van der Waals surface area (Å²) in [5.41, 5.74) is 0.704. The number of benzene rings is 1. The summed E-state index contributed by atoms with van der Waals surface area (Å²) in [6.07, 6.45) is 0.131. The zero-order valence-corrected chi connectivity index (χ0v) is 11.3. The molecule has 0 aliphatic heterocycles. The average Bonchev–Trinajstić information content (AvgIpc) is 2.78. The molecular weight excluding hydrogens is 242 g/mol. The molecule has 2 rings (SSSR count). The first kappa shape index (κ1) is 13.2. The van der Waals surface area contributed by atoms with E-state index in [4.69, 9.17) is 9.15 Å². The minimum Gasteiger partial charge on any atom is -0.491 e. The molecule has 2 aromatic rings. The van der Waals surface area contributed by atoms with Crippen LogP contribution in [0.25, 0.3) is 0 Å². The Morgan fingerprint density at radius 2 is 1.84 bits per heavy atom. The van der Waals surface area contributed by atoms with Gasteiger partial charge in [0.1, 0.15) is 11.5 Å². The van der Waals surface area contributed by atoms with Crippen molar-refractivity contribution in [2.75, 3.05) is 5.32 Å². The molecule has 0 saturated heterocycles. The minimum atomic E-state index is -0.259. The van der Waals surface area contributed by atoms with Crippen LogP contribution in [0.15, 0.2) is 40.8 Å². The molecule has 100 valence electrons. The molecule has 0 saturated carbocycles. The standard InChI is InChI=1S/C15H17NO3/c1-10(2)18-13-7-5-12(6-8-13)16-15(17)14-9-4-11(3)19-14/h4-10H,1-3H3,(H,16,17). The van der Waals surface area contributed by atoms with Gasteiger partial charge in [0.15, 0.2) is 5.76 Å². The molecule has 0 bridgehead atoms. The Balaban J connectivity index is 2.01. The molecule has 0 spiro atoms. The number of ether oxygens (including phenoxy) is 1. The number of amides is 1. The van der Waals surface area contributed by atoms with E-state index < -0.39 is 0 Å². The molecule has 0 fully saturated rings. The monoisotopic (exact) mass is 259 g/mol. The molecule has 1 heterocycles. The number of carbonyl (C=O) groups excluding carboxylic acids is 1. The molecule has 1 aromatic carbocycles. The number of rotatable bonds is 4. The predicted octanol–water partition coefficient (Wildman–Crippen LogP) is 3.63. The molecule has 4 heteroatoms. The summed E-state index contributed by atoms with van der Waals surface area (Å²) in [5.74, 6) is 1.54. The topological polar surface area (TPSA) is 51.5 Å². The minimum absolute atomic E-state index is 0.131. The highest BCUT2D eigenvalue weighted by atomic mass is 16.5. The van der Waals surface area contributed by atoms with Crippen molar-refractivity contribution >= 4 is 11.6 Å². The van der Waals surface area contributed by atoms with E-state index in [0.29, 0.717) is 17.2 Å². The maximum absolute atomic E-state index is 11.9. The van der Waals surface area contributed by atoms with E-state index in [1.165, 1.54) is 0 Å². The van der Waals surface area contributed by atoms with E-state index in [1.54, 1.807) is 31.2 Å². The van der Waals surface area contributed by atoms with Gasteiger partial charge in [0.25, 0.3) is 5.91 Å². The van der Waals surface area contributed by atoms with Gasteiger partial charge in [-0.2, -0.15) is 0 Å². The van der Waals surface area contributed by atoms with Crippen LogP contribution in [0.1, 0.15) is 30.2 Å². The van der Waals surface area contributed by atoms with E-state index in [9.17, 15) is 4.79 Å². The summed E-state index contributed by atoms with van der Waals surface area (Å²) in [6, 6.07) is 10.7.